The van der Waals surface area contributed by atoms with Gasteiger partial charge in [-0.3, -0.25) is 0 Å². The van der Waals surface area contributed by atoms with Crippen molar-refractivity contribution in [2.75, 3.05) is 13.2 Å². The zero-order valence-electron chi connectivity index (χ0n) is 5.93. The van der Waals surface area contributed by atoms with Crippen molar-refractivity contribution < 1.29 is 19.7 Å². The number of aliphatic hydroxyl groups excluding tert-OH is 2. The number of hydrogen-bond acceptors (Lipinski definition) is 4. The predicted molar refractivity (Wildman–Crippen MR) is 35.8 cm³/mol. The number of ether oxygens (including phenoxy) is 2. The normalized spacial score (nSPS) is 48.2. The van der Waals surface area contributed by atoms with Crippen LogP contribution in [-0.4, -0.2) is 41.4 Å². The molecule has 0 saturated carbocycles. The zero-order chi connectivity index (χ0) is 7.90. The highest BCUT2D eigenvalue weighted by Gasteiger charge is 2.48. The van der Waals surface area contributed by atoms with Crippen LogP contribution in [0.3, 0.4) is 0 Å². The smallest absolute Gasteiger partial charge is 0.222 e. The van der Waals surface area contributed by atoms with E-state index >= 15 is 0 Å². The van der Waals surface area contributed by atoms with Gasteiger partial charge in [0.05, 0.1) is 6.61 Å². The van der Waals surface area contributed by atoms with Crippen LogP contribution in [-0.2, 0) is 9.47 Å². The molecule has 0 spiro atoms. The summed E-state index contributed by atoms with van der Waals surface area (Å²) >= 11 is 0. The fraction of sp³-hybridized carbons (Fsp3) is 0.714. The Labute approximate surface area is 64.0 Å². The second-order valence-corrected chi connectivity index (χ2v) is 2.77. The molecule has 2 aliphatic heterocycles. The predicted octanol–water partition coefficient (Wildman–Crippen LogP) is -0.979. The third kappa shape index (κ3) is 0.911. The van der Waals surface area contributed by atoms with Crippen LogP contribution in [0.5, 0.6) is 0 Å². The van der Waals surface area contributed by atoms with Gasteiger partial charge in [-0.25, -0.2) is 0 Å². The van der Waals surface area contributed by atoms with Crippen LogP contribution in [0.1, 0.15) is 0 Å². The van der Waals surface area contributed by atoms with Crippen LogP contribution in [0, 0.1) is 0 Å². The lowest BCUT2D eigenvalue weighted by Crippen LogP contribution is -2.47. The summed E-state index contributed by atoms with van der Waals surface area (Å²) in [6.45, 7) is 0.100. The van der Waals surface area contributed by atoms with E-state index in [1.165, 1.54) is 0 Å². The van der Waals surface area contributed by atoms with Gasteiger partial charge in [0.15, 0.2) is 0 Å². The molecule has 11 heavy (non-hydrogen) atoms. The van der Waals surface area contributed by atoms with E-state index in [1.54, 1.807) is 12.2 Å². The van der Waals surface area contributed by atoms with Crippen LogP contribution in [0.2, 0.25) is 0 Å². The summed E-state index contributed by atoms with van der Waals surface area (Å²) in [5.74, 6) is -1.18. The molecule has 0 unspecified atom stereocenters. The second-order valence-electron chi connectivity index (χ2n) is 2.77. The van der Waals surface area contributed by atoms with Gasteiger partial charge in [-0.1, -0.05) is 12.2 Å². The molecular weight excluding hydrogens is 148 g/mol. The Morgan fingerprint density at radius 2 is 2.36 bits per heavy atom. The Kier molecular flexibility index (Phi) is 1.50. The van der Waals surface area contributed by atoms with E-state index < -0.39 is 11.9 Å². The highest BCUT2D eigenvalue weighted by Crippen LogP contribution is 2.31. The topological polar surface area (TPSA) is 58.9 Å². The molecule has 0 aliphatic carbocycles. The molecule has 0 amide bonds. The summed E-state index contributed by atoms with van der Waals surface area (Å²) < 4.78 is 10.4. The highest BCUT2D eigenvalue weighted by atomic mass is 16.8. The van der Waals surface area contributed by atoms with Gasteiger partial charge in [-0.15, -0.1) is 0 Å². The largest absolute Gasteiger partial charge is 0.391 e. The van der Waals surface area contributed by atoms with Crippen molar-refractivity contribution in [2.24, 2.45) is 0 Å². The third-order valence-corrected chi connectivity index (χ3v) is 2.02. The van der Waals surface area contributed by atoms with Gasteiger partial charge in [-0.2, -0.15) is 0 Å². The summed E-state index contributed by atoms with van der Waals surface area (Å²) in [6, 6.07) is 0. The molecule has 2 rings (SSSR count). The molecule has 3 atom stereocenters. The van der Waals surface area contributed by atoms with Crippen LogP contribution in [0.25, 0.3) is 0 Å². The number of rotatable bonds is 1. The molecule has 1 saturated heterocycles. The fourth-order valence-electron chi connectivity index (χ4n) is 1.35. The molecule has 2 bridgehead atoms. The first kappa shape index (κ1) is 7.24. The van der Waals surface area contributed by atoms with Crippen molar-refractivity contribution in [1.82, 2.24) is 0 Å². The van der Waals surface area contributed by atoms with Gasteiger partial charge < -0.3 is 19.7 Å². The fourth-order valence-corrected chi connectivity index (χ4v) is 1.35. The molecule has 1 fully saturated rings. The molecule has 4 heteroatoms. The van der Waals surface area contributed by atoms with Crippen LogP contribution >= 0.6 is 0 Å². The number of aliphatic hydroxyl groups is 2. The Hall–Kier alpha value is -0.420. The van der Waals surface area contributed by atoms with E-state index in [0.29, 0.717) is 6.61 Å². The van der Waals surface area contributed by atoms with Gasteiger partial charge in [0.25, 0.3) is 0 Å². The minimum absolute atomic E-state index is 0.106. The highest BCUT2D eigenvalue weighted by molar-refractivity contribution is 5.09. The molecule has 62 valence electrons. The van der Waals surface area contributed by atoms with Crippen molar-refractivity contribution >= 4 is 0 Å². The SMILES string of the molecule is OC[C@@]12OC[C@H](C=C[C@H]1O)O2. The van der Waals surface area contributed by atoms with E-state index in [9.17, 15) is 5.11 Å². The van der Waals surface area contributed by atoms with Gasteiger partial charge in [-0.05, 0) is 0 Å². The molecule has 2 aliphatic rings. The summed E-state index contributed by atoms with van der Waals surface area (Å²) in [6.07, 6.45) is 2.37. The molecular formula is C7H10O4. The Morgan fingerprint density at radius 1 is 1.55 bits per heavy atom. The minimum atomic E-state index is -1.18. The second kappa shape index (κ2) is 2.28. The maximum absolute atomic E-state index is 9.35. The molecule has 0 aromatic carbocycles. The molecule has 4 nitrogen and oxygen atoms in total. The maximum atomic E-state index is 9.35. The number of fused-ring (bicyclic) bond motifs is 2. The number of hydrogen-bond donors (Lipinski definition) is 2. The molecule has 0 radical (unpaired) electrons. The first-order valence-corrected chi connectivity index (χ1v) is 3.56. The minimum Gasteiger partial charge on any atom is -0.391 e. The summed E-state index contributed by atoms with van der Waals surface area (Å²) in [7, 11) is 0. The van der Waals surface area contributed by atoms with Gasteiger partial charge in [0.1, 0.15) is 18.8 Å². The lowest BCUT2D eigenvalue weighted by molar-refractivity contribution is -0.235. The van der Waals surface area contributed by atoms with E-state index in [-0.39, 0.29) is 12.7 Å². The first-order chi connectivity index (χ1) is 5.27. The Bertz CT molecular complexity index is 191. The Morgan fingerprint density at radius 3 is 3.00 bits per heavy atom. The van der Waals surface area contributed by atoms with Gasteiger partial charge in [0, 0.05) is 0 Å². The van der Waals surface area contributed by atoms with Crippen molar-refractivity contribution in [1.29, 1.82) is 0 Å². The molecule has 2 N–H and O–H groups in total. The van der Waals surface area contributed by atoms with Crippen LogP contribution in [0.15, 0.2) is 12.2 Å². The van der Waals surface area contributed by atoms with Gasteiger partial charge >= 0.3 is 0 Å². The van der Waals surface area contributed by atoms with Crippen molar-refractivity contribution in [3.63, 3.8) is 0 Å². The van der Waals surface area contributed by atoms with Crippen LogP contribution in [0.4, 0.5) is 0 Å². The molecule has 2 heterocycles. The Balaban J connectivity index is 2.27. The standard InChI is InChI=1S/C7H10O4/c8-4-7-6(9)2-1-5(11-7)3-10-7/h1-2,5-6,8-9H,3-4H2/t5-,6+,7-/m0/s1. The van der Waals surface area contributed by atoms with E-state index in [4.69, 9.17) is 14.6 Å². The molecule has 0 aromatic rings. The van der Waals surface area contributed by atoms with Crippen LogP contribution < -0.4 is 0 Å². The monoisotopic (exact) mass is 158 g/mol. The lowest BCUT2D eigenvalue weighted by Gasteiger charge is -2.30. The van der Waals surface area contributed by atoms with Crippen molar-refractivity contribution in [3.05, 3.63) is 12.2 Å². The van der Waals surface area contributed by atoms with E-state index in [0.717, 1.165) is 0 Å². The van der Waals surface area contributed by atoms with Crippen molar-refractivity contribution in [2.45, 2.75) is 18.0 Å². The first-order valence-electron chi connectivity index (χ1n) is 3.56. The third-order valence-electron chi connectivity index (χ3n) is 2.02. The summed E-state index contributed by atoms with van der Waals surface area (Å²) in [5.41, 5.74) is 0. The lowest BCUT2D eigenvalue weighted by atomic mass is 10.1. The maximum Gasteiger partial charge on any atom is 0.222 e. The molecule has 0 aromatic heterocycles. The summed E-state index contributed by atoms with van der Waals surface area (Å²) in [4.78, 5) is 0. The van der Waals surface area contributed by atoms with E-state index in [1.807, 2.05) is 0 Å². The van der Waals surface area contributed by atoms with Crippen molar-refractivity contribution in [3.8, 4) is 0 Å². The quantitative estimate of drug-likeness (QED) is 0.482. The summed E-state index contributed by atoms with van der Waals surface area (Å²) in [5, 5.41) is 18.2. The zero-order valence-corrected chi connectivity index (χ0v) is 5.93. The van der Waals surface area contributed by atoms with E-state index in [2.05, 4.69) is 0 Å². The van der Waals surface area contributed by atoms with Gasteiger partial charge in [0.2, 0.25) is 5.79 Å². The average molecular weight is 158 g/mol. The average Bonchev–Trinajstić information content (AvgIpc) is 2.39.